The summed E-state index contributed by atoms with van der Waals surface area (Å²) in [5, 5.41) is 4.25. The van der Waals surface area contributed by atoms with E-state index in [2.05, 4.69) is 20.0 Å². The summed E-state index contributed by atoms with van der Waals surface area (Å²) >= 11 is 0. The summed E-state index contributed by atoms with van der Waals surface area (Å²) in [6.45, 7) is 3.84. The van der Waals surface area contributed by atoms with Crippen molar-refractivity contribution in [3.8, 4) is 11.1 Å². The fourth-order valence-electron chi connectivity index (χ4n) is 3.12. The zero-order chi connectivity index (χ0) is 17.8. The van der Waals surface area contributed by atoms with Gasteiger partial charge >= 0.3 is 6.03 Å². The van der Waals surface area contributed by atoms with Crippen LogP contribution in [0, 0.1) is 0 Å². The number of aromatic nitrogens is 4. The zero-order valence-electron chi connectivity index (χ0n) is 14.4. The van der Waals surface area contributed by atoms with E-state index in [1.54, 1.807) is 12.4 Å². The van der Waals surface area contributed by atoms with Gasteiger partial charge in [0.15, 0.2) is 0 Å². The molecule has 1 fully saturated rings. The van der Waals surface area contributed by atoms with Crippen molar-refractivity contribution in [1.29, 1.82) is 0 Å². The van der Waals surface area contributed by atoms with Gasteiger partial charge in [-0.05, 0) is 5.56 Å². The minimum atomic E-state index is -0.0742. The van der Waals surface area contributed by atoms with Gasteiger partial charge in [0.25, 0.3) is 0 Å². The molecule has 2 aromatic heterocycles. The third-order valence-corrected chi connectivity index (χ3v) is 4.55. The Balaban J connectivity index is 1.36. The Bertz CT molecular complexity index is 856. The molecule has 132 valence electrons. The Hall–Kier alpha value is -3.06. The SMILES string of the molecule is O=C(N1CCN(Cc2cncnc2)CC1)n1cc(-c2ccccc2)cn1. The lowest BCUT2D eigenvalue weighted by molar-refractivity contribution is 0.134. The highest BCUT2D eigenvalue weighted by atomic mass is 16.2. The van der Waals surface area contributed by atoms with Crippen molar-refractivity contribution in [3.05, 3.63) is 67.0 Å². The van der Waals surface area contributed by atoms with Crippen molar-refractivity contribution in [2.75, 3.05) is 26.2 Å². The van der Waals surface area contributed by atoms with Gasteiger partial charge in [-0.2, -0.15) is 9.78 Å². The lowest BCUT2D eigenvalue weighted by Gasteiger charge is -2.34. The van der Waals surface area contributed by atoms with E-state index < -0.39 is 0 Å². The van der Waals surface area contributed by atoms with E-state index in [1.807, 2.05) is 47.6 Å². The van der Waals surface area contributed by atoms with Crippen LogP contribution in [0.1, 0.15) is 5.56 Å². The number of hydrogen-bond acceptors (Lipinski definition) is 5. The van der Waals surface area contributed by atoms with Crippen LogP contribution >= 0.6 is 0 Å². The molecule has 0 radical (unpaired) electrons. The second-order valence-corrected chi connectivity index (χ2v) is 6.33. The molecule has 26 heavy (non-hydrogen) atoms. The van der Waals surface area contributed by atoms with Crippen molar-refractivity contribution >= 4 is 6.03 Å². The molecule has 0 N–H and O–H groups in total. The standard InChI is InChI=1S/C19H20N6O/c26-19(25-14-18(12-22-25)17-4-2-1-3-5-17)24-8-6-23(7-9-24)13-16-10-20-15-21-11-16/h1-5,10-12,14-15H,6-9,13H2. The van der Waals surface area contributed by atoms with Crippen LogP contribution in [0.25, 0.3) is 11.1 Å². The van der Waals surface area contributed by atoms with E-state index in [0.717, 1.165) is 36.3 Å². The lowest BCUT2D eigenvalue weighted by atomic mass is 10.1. The third kappa shape index (κ3) is 3.62. The Morgan fingerprint density at radius 1 is 0.923 bits per heavy atom. The Morgan fingerprint density at radius 3 is 2.38 bits per heavy atom. The van der Waals surface area contributed by atoms with Gasteiger partial charge in [-0.25, -0.2) is 14.8 Å². The molecule has 1 saturated heterocycles. The first kappa shape index (κ1) is 16.4. The summed E-state index contributed by atoms with van der Waals surface area (Å²) in [5.74, 6) is 0. The molecule has 1 aliphatic heterocycles. The smallest absolute Gasteiger partial charge is 0.320 e. The summed E-state index contributed by atoms with van der Waals surface area (Å²) in [6.07, 6.45) is 8.73. The molecule has 7 heteroatoms. The molecular formula is C19H20N6O. The number of amides is 1. The molecule has 0 aliphatic carbocycles. The van der Waals surface area contributed by atoms with Crippen LogP contribution in [0.2, 0.25) is 0 Å². The van der Waals surface area contributed by atoms with E-state index in [4.69, 9.17) is 0 Å². The highest BCUT2D eigenvalue weighted by molar-refractivity contribution is 5.77. The molecule has 3 aromatic rings. The molecule has 0 unspecified atom stereocenters. The van der Waals surface area contributed by atoms with E-state index in [-0.39, 0.29) is 6.03 Å². The fraction of sp³-hybridized carbons (Fsp3) is 0.263. The number of benzene rings is 1. The highest BCUT2D eigenvalue weighted by Gasteiger charge is 2.23. The van der Waals surface area contributed by atoms with Gasteiger partial charge in [0.05, 0.1) is 6.20 Å². The molecular weight excluding hydrogens is 328 g/mol. The van der Waals surface area contributed by atoms with Gasteiger partial charge < -0.3 is 4.90 Å². The summed E-state index contributed by atoms with van der Waals surface area (Å²) in [7, 11) is 0. The quantitative estimate of drug-likeness (QED) is 0.725. The number of rotatable bonds is 3. The monoisotopic (exact) mass is 348 g/mol. The predicted octanol–water partition coefficient (Wildman–Crippen LogP) is 2.13. The highest BCUT2D eigenvalue weighted by Crippen LogP contribution is 2.18. The van der Waals surface area contributed by atoms with Gasteiger partial charge in [-0.1, -0.05) is 30.3 Å². The number of piperazine rings is 1. The Kier molecular flexibility index (Phi) is 4.70. The molecule has 1 aromatic carbocycles. The van der Waals surface area contributed by atoms with Gasteiger partial charge in [0.2, 0.25) is 0 Å². The largest absolute Gasteiger partial charge is 0.344 e. The van der Waals surface area contributed by atoms with Crippen molar-refractivity contribution < 1.29 is 4.79 Å². The number of nitrogens with zero attached hydrogens (tertiary/aromatic N) is 6. The first-order chi connectivity index (χ1) is 12.8. The molecule has 1 amide bonds. The number of carbonyl (C=O) groups is 1. The van der Waals surface area contributed by atoms with Crippen molar-refractivity contribution in [3.63, 3.8) is 0 Å². The van der Waals surface area contributed by atoms with Crippen LogP contribution in [0.15, 0.2) is 61.4 Å². The molecule has 0 saturated carbocycles. The number of carbonyl (C=O) groups excluding carboxylic acids is 1. The van der Waals surface area contributed by atoms with E-state index >= 15 is 0 Å². The van der Waals surface area contributed by atoms with Gasteiger partial charge in [-0.3, -0.25) is 4.90 Å². The Labute approximate surface area is 151 Å². The molecule has 7 nitrogen and oxygen atoms in total. The van der Waals surface area contributed by atoms with Crippen LogP contribution in [0.5, 0.6) is 0 Å². The maximum Gasteiger partial charge on any atom is 0.344 e. The average Bonchev–Trinajstić information content (AvgIpc) is 3.20. The number of hydrogen-bond donors (Lipinski definition) is 0. The van der Waals surface area contributed by atoms with E-state index in [9.17, 15) is 4.79 Å². The van der Waals surface area contributed by atoms with Gasteiger partial charge in [0, 0.05) is 62.4 Å². The van der Waals surface area contributed by atoms with Crippen LogP contribution < -0.4 is 0 Å². The summed E-state index contributed by atoms with van der Waals surface area (Å²) in [4.78, 5) is 24.9. The summed E-state index contributed by atoms with van der Waals surface area (Å²) in [6, 6.07) is 9.88. The maximum absolute atomic E-state index is 12.7. The second-order valence-electron chi connectivity index (χ2n) is 6.33. The molecule has 0 spiro atoms. The molecule has 0 atom stereocenters. The summed E-state index contributed by atoms with van der Waals surface area (Å²) in [5.41, 5.74) is 3.09. The first-order valence-corrected chi connectivity index (χ1v) is 8.65. The minimum absolute atomic E-state index is 0.0742. The van der Waals surface area contributed by atoms with Crippen LogP contribution in [0.4, 0.5) is 4.79 Å². The van der Waals surface area contributed by atoms with E-state index in [0.29, 0.717) is 13.1 Å². The molecule has 0 bridgehead atoms. The maximum atomic E-state index is 12.7. The molecule has 4 rings (SSSR count). The fourth-order valence-corrected chi connectivity index (χ4v) is 3.12. The predicted molar refractivity (Wildman–Crippen MR) is 97.3 cm³/mol. The lowest BCUT2D eigenvalue weighted by Crippen LogP contribution is -2.49. The van der Waals surface area contributed by atoms with Crippen molar-refractivity contribution in [2.24, 2.45) is 0 Å². The molecule has 3 heterocycles. The van der Waals surface area contributed by atoms with Gasteiger partial charge in [-0.15, -0.1) is 0 Å². The van der Waals surface area contributed by atoms with Crippen molar-refractivity contribution in [1.82, 2.24) is 29.5 Å². The first-order valence-electron chi connectivity index (χ1n) is 8.65. The third-order valence-electron chi connectivity index (χ3n) is 4.55. The average molecular weight is 348 g/mol. The van der Waals surface area contributed by atoms with E-state index in [1.165, 1.54) is 11.0 Å². The van der Waals surface area contributed by atoms with Crippen LogP contribution in [-0.4, -0.2) is 61.8 Å². The molecule has 1 aliphatic rings. The topological polar surface area (TPSA) is 67.2 Å². The van der Waals surface area contributed by atoms with Crippen LogP contribution in [-0.2, 0) is 6.54 Å². The second kappa shape index (κ2) is 7.45. The Morgan fingerprint density at radius 2 is 1.65 bits per heavy atom. The minimum Gasteiger partial charge on any atom is -0.320 e. The van der Waals surface area contributed by atoms with Crippen LogP contribution in [0.3, 0.4) is 0 Å². The normalized spacial score (nSPS) is 15.2. The zero-order valence-corrected chi connectivity index (χ0v) is 14.4. The van der Waals surface area contributed by atoms with Gasteiger partial charge in [0.1, 0.15) is 6.33 Å². The van der Waals surface area contributed by atoms with Crippen molar-refractivity contribution in [2.45, 2.75) is 6.54 Å². The summed E-state index contributed by atoms with van der Waals surface area (Å²) < 4.78 is 1.43.